The van der Waals surface area contributed by atoms with Crippen LogP contribution in [-0.4, -0.2) is 51.6 Å². The van der Waals surface area contributed by atoms with Crippen LogP contribution < -0.4 is 16.2 Å². The number of aliphatic hydroxyl groups is 1. The van der Waals surface area contributed by atoms with Crippen molar-refractivity contribution in [3.63, 3.8) is 0 Å². The molecule has 0 radical (unpaired) electrons. The van der Waals surface area contributed by atoms with Gasteiger partial charge in [-0.05, 0) is 47.5 Å². The van der Waals surface area contributed by atoms with Crippen LogP contribution in [0.25, 0.3) is 16.7 Å². The summed E-state index contributed by atoms with van der Waals surface area (Å²) in [7, 11) is 1.43. The number of nitrogens with two attached hydrogens (primary N) is 1. The fourth-order valence-corrected chi connectivity index (χ4v) is 3.60. The van der Waals surface area contributed by atoms with E-state index >= 15 is 0 Å². The van der Waals surface area contributed by atoms with Gasteiger partial charge in [0.25, 0.3) is 11.8 Å². The van der Waals surface area contributed by atoms with Crippen LogP contribution in [0.4, 0.5) is 20.2 Å². The Hall–Kier alpha value is -4.52. The Morgan fingerprint density at radius 3 is 2.82 bits per heavy atom. The standard InChI is InChI=1S/C25H27F2N9O2/c1-16-3-4-20(36(34-29-2)32-14-19-11-25(19,26)27)10-22(16)33-24(38)21(12-28)23-9-17(5-6-30-23)18-13-31-35(15-18)7-8-37/h3-6,9-10,12-15,19,37H,7-8,11,28H2,1-2H3,(H,33,38)/b21-12+,32-14+,34-29?. The van der Waals surface area contributed by atoms with Crippen molar-refractivity contribution in [3.05, 3.63) is 66.4 Å². The van der Waals surface area contributed by atoms with Crippen LogP contribution in [-0.2, 0) is 11.3 Å². The lowest BCUT2D eigenvalue weighted by molar-refractivity contribution is -0.111. The van der Waals surface area contributed by atoms with Gasteiger partial charge >= 0.3 is 0 Å². The van der Waals surface area contributed by atoms with Crippen LogP contribution in [0.3, 0.4) is 0 Å². The monoisotopic (exact) mass is 523 g/mol. The van der Waals surface area contributed by atoms with Crippen molar-refractivity contribution >= 4 is 29.1 Å². The molecule has 2 heterocycles. The largest absolute Gasteiger partial charge is 0.404 e. The number of nitrogens with one attached hydrogen (secondary N) is 1. The fraction of sp³-hybridized carbons (Fsp3) is 0.280. The number of carbonyl (C=O) groups is 1. The van der Waals surface area contributed by atoms with Gasteiger partial charge in [0.05, 0.1) is 49.3 Å². The number of amides is 1. The molecule has 198 valence electrons. The van der Waals surface area contributed by atoms with Gasteiger partial charge in [-0.1, -0.05) is 6.07 Å². The van der Waals surface area contributed by atoms with Crippen molar-refractivity contribution in [1.82, 2.24) is 14.8 Å². The number of aliphatic hydroxyl groups excluding tert-OH is 1. The average molecular weight is 524 g/mol. The fourth-order valence-electron chi connectivity index (χ4n) is 3.60. The molecular weight excluding hydrogens is 496 g/mol. The van der Waals surface area contributed by atoms with E-state index in [0.717, 1.165) is 28.0 Å². The molecule has 4 rings (SSSR count). The van der Waals surface area contributed by atoms with Crippen LogP contribution in [0.15, 0.2) is 70.6 Å². The second kappa shape index (κ2) is 11.3. The zero-order valence-corrected chi connectivity index (χ0v) is 20.8. The molecule has 1 amide bonds. The number of hydrazone groups is 1. The minimum absolute atomic E-state index is 0.0363. The molecule has 1 fully saturated rings. The van der Waals surface area contributed by atoms with Gasteiger partial charge in [-0.2, -0.15) is 15.3 Å². The molecule has 1 unspecified atom stereocenters. The Labute approximate surface area is 217 Å². The Balaban J connectivity index is 1.54. The first-order chi connectivity index (χ1) is 18.2. The van der Waals surface area contributed by atoms with Gasteiger partial charge in [0.1, 0.15) is 0 Å². The smallest absolute Gasteiger partial charge is 0.259 e. The highest BCUT2D eigenvalue weighted by atomic mass is 19.3. The zero-order chi connectivity index (χ0) is 27.3. The third-order valence-corrected chi connectivity index (χ3v) is 5.85. The number of halogens is 2. The van der Waals surface area contributed by atoms with Crippen molar-refractivity contribution in [2.45, 2.75) is 25.8 Å². The topological polar surface area (TPSA) is 146 Å². The van der Waals surface area contributed by atoms with Crippen LogP contribution in [0.1, 0.15) is 17.7 Å². The molecule has 1 atom stereocenters. The van der Waals surface area contributed by atoms with Gasteiger partial charge < -0.3 is 16.2 Å². The summed E-state index contributed by atoms with van der Waals surface area (Å²) >= 11 is 0. The minimum atomic E-state index is -2.75. The number of alkyl halides is 2. The van der Waals surface area contributed by atoms with Gasteiger partial charge in [-0.25, -0.2) is 8.78 Å². The molecule has 4 N–H and O–H groups in total. The van der Waals surface area contributed by atoms with Crippen LogP contribution in [0, 0.1) is 12.8 Å². The van der Waals surface area contributed by atoms with Crippen molar-refractivity contribution in [3.8, 4) is 11.1 Å². The molecule has 38 heavy (non-hydrogen) atoms. The molecule has 0 spiro atoms. The third-order valence-electron chi connectivity index (χ3n) is 5.85. The highest BCUT2D eigenvalue weighted by Gasteiger charge is 2.56. The van der Waals surface area contributed by atoms with E-state index in [1.165, 1.54) is 13.2 Å². The van der Waals surface area contributed by atoms with E-state index in [2.05, 4.69) is 30.8 Å². The molecule has 11 nitrogen and oxygen atoms in total. The van der Waals surface area contributed by atoms with Gasteiger partial charge in [0, 0.05) is 42.5 Å². The summed E-state index contributed by atoms with van der Waals surface area (Å²) in [6, 6.07) is 8.52. The van der Waals surface area contributed by atoms with Gasteiger partial charge in [-0.15, -0.1) is 5.12 Å². The van der Waals surface area contributed by atoms with Crippen molar-refractivity contribution in [2.24, 2.45) is 27.1 Å². The maximum Gasteiger partial charge on any atom is 0.259 e. The summed E-state index contributed by atoms with van der Waals surface area (Å²) in [5.74, 6) is -4.19. The van der Waals surface area contributed by atoms with E-state index < -0.39 is 17.7 Å². The third kappa shape index (κ3) is 6.06. The summed E-state index contributed by atoms with van der Waals surface area (Å²) < 4.78 is 28.1. The van der Waals surface area contributed by atoms with Crippen LogP contribution >= 0.6 is 0 Å². The van der Waals surface area contributed by atoms with E-state index in [1.54, 1.807) is 60.5 Å². The number of carbonyl (C=O) groups excluding carboxylic acids is 1. The maximum absolute atomic E-state index is 13.3. The predicted octanol–water partition coefficient (Wildman–Crippen LogP) is 3.63. The molecule has 1 aromatic carbocycles. The summed E-state index contributed by atoms with van der Waals surface area (Å²) in [6.45, 7) is 2.13. The van der Waals surface area contributed by atoms with E-state index in [4.69, 9.17) is 10.8 Å². The average Bonchev–Trinajstić information content (AvgIpc) is 3.26. The Morgan fingerprint density at radius 2 is 2.13 bits per heavy atom. The second-order valence-corrected chi connectivity index (χ2v) is 8.59. The number of benzene rings is 1. The minimum Gasteiger partial charge on any atom is -0.404 e. The summed E-state index contributed by atoms with van der Waals surface area (Å²) in [4.78, 5) is 17.5. The number of hydrogen-bond donors (Lipinski definition) is 3. The van der Waals surface area contributed by atoms with Crippen molar-refractivity contribution < 1.29 is 18.7 Å². The van der Waals surface area contributed by atoms with E-state index in [0.29, 0.717) is 23.6 Å². The molecule has 13 heteroatoms. The first kappa shape index (κ1) is 26.5. The summed E-state index contributed by atoms with van der Waals surface area (Å²) in [5, 5.41) is 28.9. The normalized spacial score (nSPS) is 16.8. The van der Waals surface area contributed by atoms with Crippen LogP contribution in [0.2, 0.25) is 0 Å². The molecule has 0 bridgehead atoms. The molecule has 3 aromatic rings. The number of nitrogens with zero attached hydrogens (tertiary/aromatic N) is 7. The number of aromatic nitrogens is 3. The van der Waals surface area contributed by atoms with Gasteiger partial charge in [0.15, 0.2) is 0 Å². The second-order valence-electron chi connectivity index (χ2n) is 8.59. The Kier molecular flexibility index (Phi) is 7.86. The van der Waals surface area contributed by atoms with Crippen molar-refractivity contribution in [1.29, 1.82) is 0 Å². The van der Waals surface area contributed by atoms with Gasteiger partial charge in [0.2, 0.25) is 0 Å². The molecule has 1 aliphatic carbocycles. The predicted molar refractivity (Wildman–Crippen MR) is 139 cm³/mol. The molecule has 2 aromatic heterocycles. The first-order valence-electron chi connectivity index (χ1n) is 11.7. The number of hydrogen-bond acceptors (Lipinski definition) is 8. The number of aryl methyl sites for hydroxylation is 1. The maximum atomic E-state index is 13.3. The van der Waals surface area contributed by atoms with Crippen molar-refractivity contribution in [2.75, 3.05) is 24.1 Å². The number of rotatable bonds is 10. The van der Waals surface area contributed by atoms with Gasteiger partial charge in [-0.3, -0.25) is 14.5 Å². The number of pyridine rings is 1. The first-order valence-corrected chi connectivity index (χ1v) is 11.7. The lowest BCUT2D eigenvalue weighted by atomic mass is 10.1. The molecule has 0 aliphatic heterocycles. The lowest BCUT2D eigenvalue weighted by Gasteiger charge is -2.15. The Morgan fingerprint density at radius 1 is 1.34 bits per heavy atom. The number of anilines is 2. The summed E-state index contributed by atoms with van der Waals surface area (Å²) in [6.07, 6.45) is 7.06. The SMILES string of the molecule is CN=NN(/N=C/C1CC1(F)F)c1ccc(C)c(NC(=O)/C(=C/N)c2cc(-c3cnn(CCO)c3)ccn2)c1. The van der Waals surface area contributed by atoms with E-state index in [1.807, 2.05) is 0 Å². The highest BCUT2D eigenvalue weighted by Crippen LogP contribution is 2.47. The lowest BCUT2D eigenvalue weighted by Crippen LogP contribution is -2.17. The molecule has 1 aliphatic rings. The quantitative estimate of drug-likeness (QED) is 0.160. The molecule has 1 saturated carbocycles. The Bertz CT molecular complexity index is 1400. The molecule has 0 saturated heterocycles. The van der Waals surface area contributed by atoms with Crippen LogP contribution in [0.5, 0.6) is 0 Å². The van der Waals surface area contributed by atoms with E-state index in [-0.39, 0.29) is 18.6 Å². The zero-order valence-electron chi connectivity index (χ0n) is 20.8. The van der Waals surface area contributed by atoms with E-state index in [9.17, 15) is 13.6 Å². The summed E-state index contributed by atoms with van der Waals surface area (Å²) in [5.41, 5.74) is 9.46. The molecular formula is C25H27F2N9O2. The highest BCUT2D eigenvalue weighted by molar-refractivity contribution is 6.25.